The predicted octanol–water partition coefficient (Wildman–Crippen LogP) is 4.41. The fraction of sp³-hybridized carbons (Fsp3) is 0.333. The summed E-state index contributed by atoms with van der Waals surface area (Å²) >= 11 is 1.54. The van der Waals surface area contributed by atoms with Gasteiger partial charge in [-0.1, -0.05) is 50.2 Å². The van der Waals surface area contributed by atoms with Crippen molar-refractivity contribution in [2.24, 2.45) is 0 Å². The molecule has 6 heteroatoms. The minimum atomic E-state index is -0.0840. The minimum Gasteiger partial charge on any atom is -0.487 e. The first-order valence-corrected chi connectivity index (χ1v) is 11.3. The molecule has 0 radical (unpaired) electrons. The summed E-state index contributed by atoms with van der Waals surface area (Å²) < 4.78 is 5.77. The van der Waals surface area contributed by atoms with Gasteiger partial charge >= 0.3 is 0 Å². The predicted molar refractivity (Wildman–Crippen MR) is 122 cm³/mol. The van der Waals surface area contributed by atoms with E-state index in [-0.39, 0.29) is 11.9 Å². The maximum atomic E-state index is 12.8. The van der Waals surface area contributed by atoms with Crippen LogP contribution in [0.3, 0.4) is 0 Å². The minimum absolute atomic E-state index is 0.0840. The highest BCUT2D eigenvalue weighted by atomic mass is 32.1. The van der Waals surface area contributed by atoms with E-state index in [1.165, 1.54) is 16.9 Å². The van der Waals surface area contributed by atoms with E-state index in [4.69, 9.17) is 4.74 Å². The normalized spacial score (nSPS) is 12.0. The van der Waals surface area contributed by atoms with Crippen LogP contribution in [0, 0.1) is 0 Å². The van der Waals surface area contributed by atoms with Gasteiger partial charge in [-0.05, 0) is 43.3 Å². The first-order valence-electron chi connectivity index (χ1n) is 10.4. The zero-order chi connectivity index (χ0) is 21.2. The molecule has 1 atom stereocenters. The number of nitrogens with zero attached hydrogens (tertiary/aromatic N) is 2. The average molecular weight is 424 g/mol. The zero-order valence-corrected chi connectivity index (χ0v) is 18.4. The van der Waals surface area contributed by atoms with E-state index < -0.39 is 0 Å². The molecule has 0 aliphatic heterocycles. The van der Waals surface area contributed by atoms with Crippen LogP contribution in [0.25, 0.3) is 0 Å². The van der Waals surface area contributed by atoms with Crippen LogP contribution < -0.4 is 10.1 Å². The molecule has 1 aromatic heterocycles. The van der Waals surface area contributed by atoms with Gasteiger partial charge in [-0.15, -0.1) is 11.3 Å². The Morgan fingerprint density at radius 2 is 1.93 bits per heavy atom. The van der Waals surface area contributed by atoms with Gasteiger partial charge < -0.3 is 10.1 Å². The first kappa shape index (κ1) is 22.0. The number of nitrogens with one attached hydrogen (secondary N) is 1. The Balaban J connectivity index is 1.60. The lowest BCUT2D eigenvalue weighted by molar-refractivity contribution is 0.0934. The second-order valence-electron chi connectivity index (χ2n) is 7.07. The zero-order valence-electron chi connectivity index (χ0n) is 17.6. The summed E-state index contributed by atoms with van der Waals surface area (Å²) in [7, 11) is 0. The molecule has 30 heavy (non-hydrogen) atoms. The van der Waals surface area contributed by atoms with Gasteiger partial charge in [0.2, 0.25) is 0 Å². The number of rotatable bonds is 11. The summed E-state index contributed by atoms with van der Waals surface area (Å²) in [6.45, 7) is 7.21. The van der Waals surface area contributed by atoms with Crippen molar-refractivity contribution in [2.75, 3.05) is 19.6 Å². The van der Waals surface area contributed by atoms with Gasteiger partial charge in [-0.2, -0.15) is 0 Å². The molecular formula is C24H29N3O2S. The van der Waals surface area contributed by atoms with E-state index in [0.717, 1.165) is 25.2 Å². The van der Waals surface area contributed by atoms with Crippen molar-refractivity contribution in [1.82, 2.24) is 15.2 Å². The molecule has 0 saturated heterocycles. The maximum Gasteiger partial charge on any atom is 0.251 e. The molecule has 0 saturated carbocycles. The summed E-state index contributed by atoms with van der Waals surface area (Å²) in [5.74, 6) is 0.583. The lowest BCUT2D eigenvalue weighted by Gasteiger charge is -2.30. The van der Waals surface area contributed by atoms with E-state index in [1.807, 2.05) is 29.6 Å². The topological polar surface area (TPSA) is 54.5 Å². The second kappa shape index (κ2) is 11.5. The molecule has 0 aliphatic rings. The van der Waals surface area contributed by atoms with E-state index >= 15 is 0 Å². The molecule has 158 valence electrons. The van der Waals surface area contributed by atoms with Crippen molar-refractivity contribution in [3.63, 3.8) is 0 Å². The van der Waals surface area contributed by atoms with Crippen LogP contribution in [-0.2, 0) is 13.0 Å². The second-order valence-corrected chi connectivity index (χ2v) is 7.79. The number of likely N-dealkylation sites (N-methyl/N-ethyl adjacent to an activating group) is 1. The van der Waals surface area contributed by atoms with Crippen LogP contribution in [-0.4, -0.2) is 41.5 Å². The lowest BCUT2D eigenvalue weighted by Crippen LogP contribution is -2.45. The van der Waals surface area contributed by atoms with Gasteiger partial charge in [-0.3, -0.25) is 9.69 Å². The molecule has 1 N–H and O–H groups in total. The molecule has 3 rings (SSSR count). The number of benzene rings is 2. The molecule has 0 fully saturated rings. The monoisotopic (exact) mass is 423 g/mol. The van der Waals surface area contributed by atoms with Crippen LogP contribution in [0.15, 0.2) is 65.5 Å². The molecule has 3 aromatic rings. The van der Waals surface area contributed by atoms with Gasteiger partial charge in [0, 0.05) is 23.5 Å². The molecule has 5 nitrogen and oxygen atoms in total. The average Bonchev–Trinajstić information content (AvgIpc) is 3.31. The van der Waals surface area contributed by atoms with E-state index in [9.17, 15) is 4.79 Å². The van der Waals surface area contributed by atoms with Crippen LogP contribution in [0.2, 0.25) is 0 Å². The van der Waals surface area contributed by atoms with Gasteiger partial charge in [0.15, 0.2) is 0 Å². The highest BCUT2D eigenvalue weighted by Crippen LogP contribution is 2.16. The summed E-state index contributed by atoms with van der Waals surface area (Å²) in [5.41, 5.74) is 4.55. The van der Waals surface area contributed by atoms with Gasteiger partial charge in [0.1, 0.15) is 12.4 Å². The van der Waals surface area contributed by atoms with Gasteiger partial charge in [0.05, 0.1) is 11.2 Å². The smallest absolute Gasteiger partial charge is 0.251 e. The van der Waals surface area contributed by atoms with Crippen LogP contribution >= 0.6 is 11.3 Å². The first-order chi connectivity index (χ1) is 14.7. The molecular weight excluding hydrogens is 394 g/mol. The molecule has 0 spiro atoms. The highest BCUT2D eigenvalue weighted by Gasteiger charge is 2.18. The summed E-state index contributed by atoms with van der Waals surface area (Å²) in [6, 6.07) is 18.0. The number of aromatic nitrogens is 1. The van der Waals surface area contributed by atoms with Crippen molar-refractivity contribution in [3.05, 3.63) is 82.3 Å². The standard InChI is InChI=1S/C24H29N3O2S/c1-3-27(4-2)22(13-19-9-6-5-7-10-19)15-25-24(28)20-11-8-12-23(14-20)29-16-21-17-30-18-26-21/h5-12,14,17-18,22H,3-4,13,15-16H2,1-2H3,(H,25,28). The van der Waals surface area contributed by atoms with Crippen LogP contribution in [0.5, 0.6) is 5.75 Å². The van der Waals surface area contributed by atoms with E-state index in [1.54, 1.807) is 11.6 Å². The van der Waals surface area contributed by atoms with Crippen molar-refractivity contribution < 1.29 is 9.53 Å². The summed E-state index contributed by atoms with van der Waals surface area (Å²) in [6.07, 6.45) is 0.902. The van der Waals surface area contributed by atoms with Crippen molar-refractivity contribution in [2.45, 2.75) is 32.9 Å². The Morgan fingerprint density at radius 1 is 1.13 bits per heavy atom. The lowest BCUT2D eigenvalue weighted by atomic mass is 10.0. The number of carbonyl (C=O) groups excluding carboxylic acids is 1. The molecule has 1 amide bonds. The van der Waals surface area contributed by atoms with Crippen molar-refractivity contribution in [1.29, 1.82) is 0 Å². The Kier molecular flexibility index (Phi) is 8.41. The molecule has 0 bridgehead atoms. The molecule has 0 aliphatic carbocycles. The Bertz CT molecular complexity index is 896. The van der Waals surface area contributed by atoms with Crippen molar-refractivity contribution >= 4 is 17.2 Å². The third-order valence-corrected chi connectivity index (χ3v) is 5.74. The molecule has 1 heterocycles. The Hall–Kier alpha value is -2.70. The van der Waals surface area contributed by atoms with Crippen molar-refractivity contribution in [3.8, 4) is 5.75 Å². The molecule has 2 aromatic carbocycles. The van der Waals surface area contributed by atoms with E-state index in [0.29, 0.717) is 24.5 Å². The number of hydrogen-bond donors (Lipinski definition) is 1. The van der Waals surface area contributed by atoms with Crippen LogP contribution in [0.1, 0.15) is 35.5 Å². The Labute approximate surface area is 182 Å². The number of carbonyl (C=O) groups is 1. The van der Waals surface area contributed by atoms with Gasteiger partial charge in [0.25, 0.3) is 5.91 Å². The Morgan fingerprint density at radius 3 is 2.63 bits per heavy atom. The summed E-state index contributed by atoms with van der Waals surface area (Å²) in [5, 5.41) is 5.07. The number of hydrogen-bond acceptors (Lipinski definition) is 5. The SMILES string of the molecule is CCN(CC)C(CNC(=O)c1cccc(OCc2cscn2)c1)Cc1ccccc1. The fourth-order valence-corrected chi connectivity index (χ4v) is 4.01. The largest absolute Gasteiger partial charge is 0.487 e. The number of thiazole rings is 1. The number of amides is 1. The van der Waals surface area contributed by atoms with Crippen LogP contribution in [0.4, 0.5) is 0 Å². The molecule has 1 unspecified atom stereocenters. The highest BCUT2D eigenvalue weighted by molar-refractivity contribution is 7.07. The quantitative estimate of drug-likeness (QED) is 0.496. The number of ether oxygens (including phenoxy) is 1. The summed E-state index contributed by atoms with van der Waals surface area (Å²) in [4.78, 5) is 19.4. The third kappa shape index (κ3) is 6.40. The fourth-order valence-electron chi connectivity index (χ4n) is 3.46. The third-order valence-electron chi connectivity index (χ3n) is 5.11. The van der Waals surface area contributed by atoms with E-state index in [2.05, 4.69) is 53.3 Å². The maximum absolute atomic E-state index is 12.8. The van der Waals surface area contributed by atoms with Gasteiger partial charge in [-0.25, -0.2) is 4.98 Å².